The quantitative estimate of drug-likeness (QED) is 0.838. The number of halogens is 1. The minimum atomic E-state index is 0.613. The average Bonchev–Trinajstić information content (AvgIpc) is 2.67. The fourth-order valence-electron chi connectivity index (χ4n) is 1.24. The van der Waals surface area contributed by atoms with Crippen LogP contribution in [0, 0.1) is 6.92 Å². The molecular weight excluding hydrogens is 244 g/mol. The third-order valence-corrected chi connectivity index (χ3v) is 3.23. The Balaban J connectivity index is 1.82. The second-order valence-electron chi connectivity index (χ2n) is 3.35. The molecule has 0 unspecified atom stereocenters. The molecule has 0 bridgehead atoms. The van der Waals surface area contributed by atoms with Crippen LogP contribution >= 0.6 is 23.4 Å². The molecule has 5 heteroatoms. The second-order valence-corrected chi connectivity index (χ2v) is 4.77. The predicted octanol–water partition coefficient (Wildman–Crippen LogP) is 3.46. The molecule has 2 rings (SSSR count). The van der Waals surface area contributed by atoms with Crippen LogP contribution in [0.25, 0.3) is 0 Å². The molecule has 0 aliphatic carbocycles. The number of nitrogens with zero attached hydrogens (tertiary/aromatic N) is 2. The third-order valence-electron chi connectivity index (χ3n) is 1.98. The van der Waals surface area contributed by atoms with E-state index in [9.17, 15) is 0 Å². The van der Waals surface area contributed by atoms with Crippen molar-refractivity contribution in [1.82, 2.24) is 10.1 Å². The minimum absolute atomic E-state index is 0.613. The largest absolute Gasteiger partial charge is 0.340 e. The van der Waals surface area contributed by atoms with Crippen LogP contribution in [0.4, 0.5) is 0 Å². The molecule has 0 aliphatic rings. The van der Waals surface area contributed by atoms with Gasteiger partial charge in [0.2, 0.25) is 5.89 Å². The molecular formula is C11H11ClN2OS. The molecule has 1 aromatic carbocycles. The molecule has 0 fully saturated rings. The summed E-state index contributed by atoms with van der Waals surface area (Å²) in [5.41, 5.74) is 1.25. The number of hydrogen-bond acceptors (Lipinski definition) is 4. The van der Waals surface area contributed by atoms with Gasteiger partial charge in [-0.25, -0.2) is 0 Å². The normalized spacial score (nSPS) is 10.6. The molecule has 3 nitrogen and oxygen atoms in total. The maximum absolute atomic E-state index is 5.81. The van der Waals surface area contributed by atoms with Crippen molar-refractivity contribution in [2.24, 2.45) is 0 Å². The van der Waals surface area contributed by atoms with Crippen molar-refractivity contribution in [1.29, 1.82) is 0 Å². The van der Waals surface area contributed by atoms with E-state index in [4.69, 9.17) is 16.1 Å². The van der Waals surface area contributed by atoms with Crippen LogP contribution in [0.2, 0.25) is 5.02 Å². The molecule has 84 valence electrons. The van der Waals surface area contributed by atoms with Crippen LogP contribution in [0.1, 0.15) is 17.3 Å². The first-order valence-electron chi connectivity index (χ1n) is 4.85. The van der Waals surface area contributed by atoms with Gasteiger partial charge in [0.05, 0.1) is 5.75 Å². The number of benzene rings is 1. The Morgan fingerprint density at radius 1 is 1.25 bits per heavy atom. The predicted molar refractivity (Wildman–Crippen MR) is 65.5 cm³/mol. The zero-order valence-corrected chi connectivity index (χ0v) is 10.4. The van der Waals surface area contributed by atoms with Crippen LogP contribution in [-0.2, 0) is 11.5 Å². The maximum atomic E-state index is 5.81. The zero-order chi connectivity index (χ0) is 11.4. The highest BCUT2D eigenvalue weighted by molar-refractivity contribution is 7.97. The average molecular weight is 255 g/mol. The molecule has 0 spiro atoms. The van der Waals surface area contributed by atoms with Gasteiger partial charge in [-0.3, -0.25) is 0 Å². The molecule has 0 atom stereocenters. The molecule has 0 aliphatic heterocycles. The van der Waals surface area contributed by atoms with Crippen molar-refractivity contribution < 1.29 is 4.52 Å². The summed E-state index contributed by atoms with van der Waals surface area (Å²) >= 11 is 7.56. The Hall–Kier alpha value is -1.00. The highest BCUT2D eigenvalue weighted by Gasteiger charge is 2.02. The van der Waals surface area contributed by atoms with Crippen LogP contribution in [0.15, 0.2) is 28.8 Å². The molecule has 1 aromatic heterocycles. The van der Waals surface area contributed by atoms with Crippen molar-refractivity contribution in [2.75, 3.05) is 0 Å². The van der Waals surface area contributed by atoms with Gasteiger partial charge >= 0.3 is 0 Å². The summed E-state index contributed by atoms with van der Waals surface area (Å²) in [6.07, 6.45) is 0. The van der Waals surface area contributed by atoms with Crippen molar-refractivity contribution in [3.8, 4) is 0 Å². The summed E-state index contributed by atoms with van der Waals surface area (Å²) in [6, 6.07) is 7.85. The van der Waals surface area contributed by atoms with Crippen LogP contribution in [0.5, 0.6) is 0 Å². The van der Waals surface area contributed by atoms with Crippen molar-refractivity contribution in [3.63, 3.8) is 0 Å². The monoisotopic (exact) mass is 254 g/mol. The summed E-state index contributed by atoms with van der Waals surface area (Å²) in [7, 11) is 0. The van der Waals surface area contributed by atoms with E-state index in [-0.39, 0.29) is 0 Å². The second kappa shape index (κ2) is 5.37. The molecule has 0 N–H and O–H groups in total. The van der Waals surface area contributed by atoms with Gasteiger partial charge in [0.1, 0.15) is 0 Å². The Kier molecular flexibility index (Phi) is 3.85. The lowest BCUT2D eigenvalue weighted by atomic mass is 10.2. The van der Waals surface area contributed by atoms with E-state index in [1.54, 1.807) is 18.7 Å². The molecule has 0 saturated carbocycles. The third kappa shape index (κ3) is 3.25. The number of rotatable bonds is 4. The molecule has 0 saturated heterocycles. The van der Waals surface area contributed by atoms with Crippen molar-refractivity contribution >= 4 is 23.4 Å². The van der Waals surface area contributed by atoms with E-state index in [2.05, 4.69) is 10.1 Å². The van der Waals surface area contributed by atoms with E-state index >= 15 is 0 Å². The summed E-state index contributed by atoms with van der Waals surface area (Å²) in [5, 5.41) is 4.60. The van der Waals surface area contributed by atoms with Crippen molar-refractivity contribution in [3.05, 3.63) is 46.6 Å². The van der Waals surface area contributed by atoms with Gasteiger partial charge in [-0.1, -0.05) is 28.9 Å². The summed E-state index contributed by atoms with van der Waals surface area (Å²) in [4.78, 5) is 4.14. The van der Waals surface area contributed by atoms with Gasteiger partial charge in [-0.05, 0) is 17.7 Å². The number of hydrogen-bond donors (Lipinski definition) is 0. The van der Waals surface area contributed by atoms with E-state index in [1.807, 2.05) is 24.3 Å². The molecule has 16 heavy (non-hydrogen) atoms. The Morgan fingerprint density at radius 2 is 2.00 bits per heavy atom. The first-order valence-corrected chi connectivity index (χ1v) is 6.38. The fraction of sp³-hybridized carbons (Fsp3) is 0.273. The number of aryl methyl sites for hydroxylation is 1. The van der Waals surface area contributed by atoms with Gasteiger partial charge in [-0.15, -0.1) is 11.8 Å². The minimum Gasteiger partial charge on any atom is -0.340 e. The topological polar surface area (TPSA) is 38.9 Å². The summed E-state index contributed by atoms with van der Waals surface area (Å²) in [6.45, 7) is 1.79. The lowest BCUT2D eigenvalue weighted by Gasteiger charge is -1.99. The SMILES string of the molecule is Cc1nc(CSCc2ccc(Cl)cc2)no1. The maximum Gasteiger partial charge on any atom is 0.223 e. The van der Waals surface area contributed by atoms with Crippen molar-refractivity contribution in [2.45, 2.75) is 18.4 Å². The summed E-state index contributed by atoms with van der Waals surface area (Å²) < 4.78 is 4.89. The first-order chi connectivity index (χ1) is 7.74. The van der Waals surface area contributed by atoms with Gasteiger partial charge in [-0.2, -0.15) is 4.98 Å². The van der Waals surface area contributed by atoms with Gasteiger partial charge in [0.15, 0.2) is 5.82 Å². The van der Waals surface area contributed by atoms with Crippen LogP contribution < -0.4 is 0 Å². The summed E-state index contributed by atoms with van der Waals surface area (Å²) in [5.74, 6) is 3.05. The van der Waals surface area contributed by atoms with Gasteiger partial charge < -0.3 is 4.52 Å². The number of thioether (sulfide) groups is 1. The molecule has 0 amide bonds. The number of aromatic nitrogens is 2. The highest BCUT2D eigenvalue weighted by atomic mass is 35.5. The standard InChI is InChI=1S/C11H11ClN2OS/c1-8-13-11(14-15-8)7-16-6-9-2-4-10(12)5-3-9/h2-5H,6-7H2,1H3. The van der Waals surface area contributed by atoms with Crippen LogP contribution in [-0.4, -0.2) is 10.1 Å². The smallest absolute Gasteiger partial charge is 0.223 e. The lowest BCUT2D eigenvalue weighted by Crippen LogP contribution is -1.85. The Bertz CT molecular complexity index is 455. The fourth-order valence-corrected chi connectivity index (χ4v) is 2.20. The molecule has 1 heterocycles. The molecule has 2 aromatic rings. The first kappa shape index (κ1) is 11.5. The highest BCUT2D eigenvalue weighted by Crippen LogP contribution is 2.18. The lowest BCUT2D eigenvalue weighted by molar-refractivity contribution is 0.389. The van der Waals surface area contributed by atoms with Crippen LogP contribution in [0.3, 0.4) is 0 Å². The Morgan fingerprint density at radius 3 is 2.62 bits per heavy atom. The van der Waals surface area contributed by atoms with Gasteiger partial charge in [0.25, 0.3) is 0 Å². The zero-order valence-electron chi connectivity index (χ0n) is 8.81. The Labute approximate surface area is 103 Å². The molecule has 0 radical (unpaired) electrons. The van der Waals surface area contributed by atoms with E-state index in [0.29, 0.717) is 5.89 Å². The van der Waals surface area contributed by atoms with Gasteiger partial charge in [0, 0.05) is 17.7 Å². The van der Waals surface area contributed by atoms with E-state index in [1.165, 1.54) is 5.56 Å². The van der Waals surface area contributed by atoms with E-state index < -0.39 is 0 Å². The van der Waals surface area contributed by atoms with E-state index in [0.717, 1.165) is 22.4 Å².